The van der Waals surface area contributed by atoms with E-state index in [-0.39, 0.29) is 5.91 Å². The van der Waals surface area contributed by atoms with E-state index in [0.717, 1.165) is 11.3 Å². The van der Waals surface area contributed by atoms with E-state index in [1.54, 1.807) is 36.2 Å². The summed E-state index contributed by atoms with van der Waals surface area (Å²) in [4.78, 5) is 33.2. The van der Waals surface area contributed by atoms with E-state index in [2.05, 4.69) is 35.6 Å². The minimum atomic E-state index is -0.324. The first kappa shape index (κ1) is 16.2. The predicted molar refractivity (Wildman–Crippen MR) is 101 cm³/mol. The summed E-state index contributed by atoms with van der Waals surface area (Å²) in [6.45, 7) is 0. The molecule has 2 N–H and O–H groups in total. The van der Waals surface area contributed by atoms with Crippen LogP contribution in [-0.4, -0.2) is 30.8 Å². The number of thiazole rings is 2. The predicted octanol–water partition coefficient (Wildman–Crippen LogP) is 3.45. The molecule has 0 spiro atoms. The molecule has 4 aromatic rings. The van der Waals surface area contributed by atoms with Crippen molar-refractivity contribution in [2.45, 2.75) is 0 Å². The highest BCUT2D eigenvalue weighted by atomic mass is 32.1. The van der Waals surface area contributed by atoms with Crippen molar-refractivity contribution in [2.24, 2.45) is 0 Å². The summed E-state index contributed by atoms with van der Waals surface area (Å²) in [5.41, 5.74) is 1.96. The average molecular weight is 381 g/mol. The molecule has 4 rings (SSSR count). The highest BCUT2D eigenvalue weighted by Crippen LogP contribution is 2.25. The Morgan fingerprint density at radius 1 is 0.962 bits per heavy atom. The summed E-state index contributed by atoms with van der Waals surface area (Å²) < 4.78 is 0. The van der Waals surface area contributed by atoms with Gasteiger partial charge >= 0.3 is 0 Å². The van der Waals surface area contributed by atoms with E-state index in [4.69, 9.17) is 0 Å². The molecule has 0 aliphatic heterocycles. The van der Waals surface area contributed by atoms with Gasteiger partial charge in [-0.2, -0.15) is 0 Å². The van der Waals surface area contributed by atoms with Gasteiger partial charge in [-0.3, -0.25) is 15.1 Å². The lowest BCUT2D eigenvalue weighted by Gasteiger charge is -1.99. The molecule has 1 amide bonds. The topological polar surface area (TPSA) is 106 Å². The molecule has 10 heteroatoms. The summed E-state index contributed by atoms with van der Waals surface area (Å²) in [7, 11) is 0. The molecule has 8 nitrogen and oxygen atoms in total. The number of hydrogen-bond donors (Lipinski definition) is 2. The van der Waals surface area contributed by atoms with E-state index < -0.39 is 0 Å². The van der Waals surface area contributed by atoms with Gasteiger partial charge in [0.1, 0.15) is 5.69 Å². The van der Waals surface area contributed by atoms with Crippen LogP contribution in [0.15, 0.2) is 53.7 Å². The smallest absolute Gasteiger partial charge is 0.276 e. The zero-order valence-corrected chi connectivity index (χ0v) is 14.8. The minimum Gasteiger partial charge on any atom is -0.300 e. The van der Waals surface area contributed by atoms with Crippen LogP contribution in [0.2, 0.25) is 0 Å². The van der Waals surface area contributed by atoms with Crippen molar-refractivity contribution in [3.63, 3.8) is 0 Å². The van der Waals surface area contributed by atoms with Gasteiger partial charge < -0.3 is 5.32 Å². The van der Waals surface area contributed by atoms with Crippen LogP contribution in [0, 0.1) is 0 Å². The maximum atomic E-state index is 12.4. The molecule has 0 aromatic carbocycles. The van der Waals surface area contributed by atoms with E-state index in [9.17, 15) is 4.79 Å². The molecule has 26 heavy (non-hydrogen) atoms. The molecule has 0 unspecified atom stereocenters. The van der Waals surface area contributed by atoms with Crippen LogP contribution in [0.1, 0.15) is 10.5 Å². The van der Waals surface area contributed by atoms with Gasteiger partial charge in [-0.25, -0.2) is 19.9 Å². The van der Waals surface area contributed by atoms with Crippen molar-refractivity contribution in [3.05, 3.63) is 59.4 Å². The molecule has 128 valence electrons. The second-order valence-corrected chi connectivity index (χ2v) is 6.69. The number of rotatable bonds is 5. The lowest BCUT2D eigenvalue weighted by molar-refractivity contribution is 0.102. The van der Waals surface area contributed by atoms with Crippen LogP contribution in [0.25, 0.3) is 11.3 Å². The Kier molecular flexibility index (Phi) is 4.58. The largest absolute Gasteiger partial charge is 0.300 e. The van der Waals surface area contributed by atoms with Gasteiger partial charge in [0, 0.05) is 41.1 Å². The Labute approximate surface area is 156 Å². The number of aromatic nitrogens is 5. The maximum absolute atomic E-state index is 12.4. The minimum absolute atomic E-state index is 0.298. The van der Waals surface area contributed by atoms with Crippen LogP contribution in [0.5, 0.6) is 0 Å². The van der Waals surface area contributed by atoms with Crippen molar-refractivity contribution in [2.75, 3.05) is 10.6 Å². The van der Waals surface area contributed by atoms with Gasteiger partial charge in [-0.1, -0.05) is 0 Å². The number of pyridine rings is 1. The number of carbonyl (C=O) groups excluding carboxylic acids is 1. The molecule has 0 fully saturated rings. The first-order chi connectivity index (χ1) is 12.8. The SMILES string of the molecule is O=C(Nc1nc(-c2cccnc2)cs1)c1csc(Nc2ncccn2)n1. The van der Waals surface area contributed by atoms with Crippen LogP contribution < -0.4 is 10.6 Å². The quantitative estimate of drug-likeness (QED) is 0.545. The Balaban J connectivity index is 1.43. The monoisotopic (exact) mass is 381 g/mol. The van der Waals surface area contributed by atoms with Crippen molar-refractivity contribution in [3.8, 4) is 11.3 Å². The second kappa shape index (κ2) is 7.33. The van der Waals surface area contributed by atoms with Gasteiger partial charge in [-0.15, -0.1) is 22.7 Å². The first-order valence-corrected chi connectivity index (χ1v) is 9.21. The molecule has 4 heterocycles. The Morgan fingerprint density at radius 3 is 2.62 bits per heavy atom. The Hall–Kier alpha value is -3.24. The third-order valence-electron chi connectivity index (χ3n) is 3.20. The van der Waals surface area contributed by atoms with Crippen molar-refractivity contribution >= 4 is 44.8 Å². The Bertz CT molecular complexity index is 1020. The molecule has 0 aliphatic rings. The number of amides is 1. The van der Waals surface area contributed by atoms with Gasteiger partial charge in [0.15, 0.2) is 10.3 Å². The lowest BCUT2D eigenvalue weighted by Crippen LogP contribution is -2.12. The van der Waals surface area contributed by atoms with Crippen LogP contribution in [0.4, 0.5) is 16.2 Å². The van der Waals surface area contributed by atoms with Crippen molar-refractivity contribution in [1.82, 2.24) is 24.9 Å². The van der Waals surface area contributed by atoms with Crippen molar-refractivity contribution in [1.29, 1.82) is 0 Å². The van der Waals surface area contributed by atoms with E-state index in [1.807, 2.05) is 17.5 Å². The number of nitrogens with zero attached hydrogens (tertiary/aromatic N) is 5. The molecular formula is C16H11N7OS2. The number of hydrogen-bond acceptors (Lipinski definition) is 9. The third-order valence-corrected chi connectivity index (χ3v) is 4.72. The molecule has 0 atom stereocenters. The Morgan fingerprint density at radius 2 is 1.81 bits per heavy atom. The molecule has 0 saturated carbocycles. The summed E-state index contributed by atoms with van der Waals surface area (Å²) >= 11 is 2.64. The third kappa shape index (κ3) is 3.71. The normalized spacial score (nSPS) is 10.5. The van der Waals surface area contributed by atoms with Gasteiger partial charge in [0.25, 0.3) is 5.91 Å². The van der Waals surface area contributed by atoms with E-state index in [1.165, 1.54) is 22.7 Å². The van der Waals surface area contributed by atoms with E-state index in [0.29, 0.717) is 21.9 Å². The van der Waals surface area contributed by atoms with Gasteiger partial charge in [0.2, 0.25) is 5.95 Å². The highest BCUT2D eigenvalue weighted by molar-refractivity contribution is 7.14. The van der Waals surface area contributed by atoms with Gasteiger partial charge in [-0.05, 0) is 18.2 Å². The molecule has 0 aliphatic carbocycles. The van der Waals surface area contributed by atoms with Crippen LogP contribution in [0.3, 0.4) is 0 Å². The summed E-state index contributed by atoms with van der Waals surface area (Å²) in [5.74, 6) is 0.102. The number of nitrogens with one attached hydrogen (secondary N) is 2. The second-order valence-electron chi connectivity index (χ2n) is 4.97. The highest BCUT2D eigenvalue weighted by Gasteiger charge is 2.14. The zero-order chi connectivity index (χ0) is 17.8. The van der Waals surface area contributed by atoms with Crippen LogP contribution in [-0.2, 0) is 0 Å². The van der Waals surface area contributed by atoms with Gasteiger partial charge in [0.05, 0.1) is 5.69 Å². The summed E-state index contributed by atoms with van der Waals surface area (Å²) in [6.07, 6.45) is 6.68. The van der Waals surface area contributed by atoms with Crippen molar-refractivity contribution < 1.29 is 4.79 Å². The zero-order valence-electron chi connectivity index (χ0n) is 13.2. The molecule has 0 bridgehead atoms. The first-order valence-electron chi connectivity index (χ1n) is 7.45. The number of anilines is 3. The molecule has 4 aromatic heterocycles. The number of carbonyl (C=O) groups is 1. The summed E-state index contributed by atoms with van der Waals surface area (Å²) in [6, 6.07) is 5.48. The lowest BCUT2D eigenvalue weighted by atomic mass is 10.2. The van der Waals surface area contributed by atoms with E-state index >= 15 is 0 Å². The standard InChI is InChI=1S/C16H11N7OS2/c24-13(12-9-26-16(21-12)23-14-18-5-2-6-19-14)22-15-20-11(8-25-15)10-3-1-4-17-7-10/h1-9H,(H,20,22,24)(H,18,19,21,23). The molecule has 0 saturated heterocycles. The molecule has 0 radical (unpaired) electrons. The fourth-order valence-electron chi connectivity index (χ4n) is 2.03. The van der Waals surface area contributed by atoms with Crippen LogP contribution >= 0.6 is 22.7 Å². The maximum Gasteiger partial charge on any atom is 0.276 e. The molecular weight excluding hydrogens is 370 g/mol. The fraction of sp³-hybridized carbons (Fsp3) is 0. The fourth-order valence-corrected chi connectivity index (χ4v) is 3.43. The average Bonchev–Trinajstić information content (AvgIpc) is 3.33. The summed E-state index contributed by atoms with van der Waals surface area (Å²) in [5, 5.41) is 10.3.